The Labute approximate surface area is 158 Å². The van der Waals surface area contributed by atoms with Crippen LogP contribution in [0.5, 0.6) is 5.75 Å². The number of benzene rings is 2. The Hall–Kier alpha value is -3.15. The second kappa shape index (κ2) is 10.1. The van der Waals surface area contributed by atoms with Crippen molar-refractivity contribution in [2.75, 3.05) is 19.0 Å². The minimum atomic E-state index is -0.443. The molecule has 0 aliphatic carbocycles. The van der Waals surface area contributed by atoms with Gasteiger partial charge >= 0.3 is 5.97 Å². The van der Waals surface area contributed by atoms with E-state index in [4.69, 9.17) is 9.47 Å². The first-order valence-electron chi connectivity index (χ1n) is 8.74. The number of nitrogens with one attached hydrogen (secondary N) is 1. The predicted octanol–water partition coefficient (Wildman–Crippen LogP) is 3.40. The number of hydrogen-bond donors (Lipinski definition) is 1. The highest BCUT2D eigenvalue weighted by atomic mass is 16.5. The van der Waals surface area contributed by atoms with Gasteiger partial charge < -0.3 is 14.8 Å². The molecule has 0 aliphatic rings. The molecule has 0 saturated carbocycles. The molecule has 0 unspecified atom stereocenters. The summed E-state index contributed by atoms with van der Waals surface area (Å²) in [5.74, 6) is -0.121. The van der Waals surface area contributed by atoms with Crippen molar-refractivity contribution in [3.63, 3.8) is 0 Å². The maximum atomic E-state index is 12.1. The average molecular weight is 369 g/mol. The maximum Gasteiger partial charge on any atom is 0.306 e. The first-order chi connectivity index (χ1) is 13.0. The number of amides is 1. The van der Waals surface area contributed by atoms with Crippen molar-refractivity contribution in [3.05, 3.63) is 59.7 Å². The third-order valence-corrected chi connectivity index (χ3v) is 3.97. The van der Waals surface area contributed by atoms with Gasteiger partial charge in [0.15, 0.2) is 12.4 Å². The molecule has 0 aliphatic heterocycles. The standard InChI is InChI=1S/C21H23NO5/c1-3-20(24)22-17-11-8-15(9-12-17)18(23)14-27-21(25)13-10-16-6-4-5-7-19(16)26-2/h4-9,11-12H,3,10,13-14H2,1-2H3,(H,22,24). The van der Waals surface area contributed by atoms with E-state index in [0.717, 1.165) is 11.3 Å². The summed E-state index contributed by atoms with van der Waals surface area (Å²) in [5, 5.41) is 2.70. The number of carbonyl (C=O) groups excluding carboxylic acids is 3. The molecule has 0 atom stereocenters. The highest BCUT2D eigenvalue weighted by molar-refractivity contribution is 5.98. The topological polar surface area (TPSA) is 81.7 Å². The lowest BCUT2D eigenvalue weighted by molar-refractivity contribution is -0.142. The zero-order valence-corrected chi connectivity index (χ0v) is 15.5. The Morgan fingerprint density at radius 1 is 1.00 bits per heavy atom. The normalized spacial score (nSPS) is 10.1. The van der Waals surface area contributed by atoms with Crippen molar-refractivity contribution in [2.24, 2.45) is 0 Å². The molecule has 1 N–H and O–H groups in total. The Bertz CT molecular complexity index is 798. The summed E-state index contributed by atoms with van der Waals surface area (Å²) in [7, 11) is 1.58. The summed E-state index contributed by atoms with van der Waals surface area (Å²) in [6, 6.07) is 13.9. The van der Waals surface area contributed by atoms with Crippen molar-refractivity contribution in [3.8, 4) is 5.75 Å². The summed E-state index contributed by atoms with van der Waals surface area (Å²) in [5.41, 5.74) is 1.95. The fourth-order valence-corrected chi connectivity index (χ4v) is 2.44. The van der Waals surface area contributed by atoms with E-state index >= 15 is 0 Å². The summed E-state index contributed by atoms with van der Waals surface area (Å²) in [6.07, 6.45) is 1.02. The molecule has 2 aromatic rings. The zero-order valence-electron chi connectivity index (χ0n) is 15.5. The summed E-state index contributed by atoms with van der Waals surface area (Å²) in [4.78, 5) is 35.4. The van der Waals surface area contributed by atoms with Crippen LogP contribution in [0.25, 0.3) is 0 Å². The van der Waals surface area contributed by atoms with Gasteiger partial charge in [-0.1, -0.05) is 25.1 Å². The number of rotatable bonds is 9. The van der Waals surface area contributed by atoms with Crippen molar-refractivity contribution in [1.29, 1.82) is 0 Å². The van der Waals surface area contributed by atoms with Gasteiger partial charge in [0.25, 0.3) is 0 Å². The molecule has 142 valence electrons. The largest absolute Gasteiger partial charge is 0.496 e. The number of Topliss-reactive ketones (excluding diaryl/α,β-unsaturated/α-hetero) is 1. The Morgan fingerprint density at radius 3 is 2.37 bits per heavy atom. The summed E-state index contributed by atoms with van der Waals surface area (Å²) >= 11 is 0. The SMILES string of the molecule is CCC(=O)Nc1ccc(C(=O)COC(=O)CCc2ccccc2OC)cc1. The molecule has 27 heavy (non-hydrogen) atoms. The highest BCUT2D eigenvalue weighted by Crippen LogP contribution is 2.19. The second-order valence-electron chi connectivity index (χ2n) is 5.87. The number of aryl methyl sites for hydroxylation is 1. The van der Waals surface area contributed by atoms with Crippen molar-refractivity contribution >= 4 is 23.3 Å². The predicted molar refractivity (Wildman–Crippen MR) is 102 cm³/mol. The van der Waals surface area contributed by atoms with E-state index in [9.17, 15) is 14.4 Å². The van der Waals surface area contributed by atoms with Crippen LogP contribution in [-0.4, -0.2) is 31.4 Å². The van der Waals surface area contributed by atoms with Gasteiger partial charge in [0.1, 0.15) is 5.75 Å². The van der Waals surface area contributed by atoms with Crippen LogP contribution in [0.3, 0.4) is 0 Å². The van der Waals surface area contributed by atoms with E-state index < -0.39 is 5.97 Å². The number of ether oxygens (including phenoxy) is 2. The number of carbonyl (C=O) groups is 3. The number of para-hydroxylation sites is 1. The van der Waals surface area contributed by atoms with Crippen LogP contribution >= 0.6 is 0 Å². The fraction of sp³-hybridized carbons (Fsp3) is 0.286. The Balaban J connectivity index is 1.80. The molecule has 2 aromatic carbocycles. The number of methoxy groups -OCH3 is 1. The molecule has 0 aromatic heterocycles. The lowest BCUT2D eigenvalue weighted by Gasteiger charge is -2.08. The lowest BCUT2D eigenvalue weighted by atomic mass is 10.1. The zero-order chi connectivity index (χ0) is 19.6. The van der Waals surface area contributed by atoms with Gasteiger partial charge in [-0.2, -0.15) is 0 Å². The van der Waals surface area contributed by atoms with E-state index in [1.807, 2.05) is 24.3 Å². The minimum absolute atomic E-state index is 0.0990. The Kier molecular flexibility index (Phi) is 7.55. The quantitative estimate of drug-likeness (QED) is 0.541. The van der Waals surface area contributed by atoms with Gasteiger partial charge in [0.2, 0.25) is 5.91 Å². The van der Waals surface area contributed by atoms with Gasteiger partial charge in [0, 0.05) is 24.1 Å². The molecular weight excluding hydrogens is 346 g/mol. The van der Waals surface area contributed by atoms with Crippen LogP contribution in [0, 0.1) is 0 Å². The fourth-order valence-electron chi connectivity index (χ4n) is 2.44. The summed E-state index contributed by atoms with van der Waals surface area (Å²) < 4.78 is 10.3. The van der Waals surface area contributed by atoms with Gasteiger partial charge in [0.05, 0.1) is 7.11 Å². The van der Waals surface area contributed by atoms with E-state index in [2.05, 4.69) is 5.32 Å². The van der Waals surface area contributed by atoms with Gasteiger partial charge in [-0.25, -0.2) is 0 Å². The molecule has 0 fully saturated rings. The molecule has 1 amide bonds. The number of hydrogen-bond acceptors (Lipinski definition) is 5. The molecular formula is C21H23NO5. The van der Waals surface area contributed by atoms with Crippen LogP contribution in [0.15, 0.2) is 48.5 Å². The van der Waals surface area contributed by atoms with Crippen LogP contribution in [0.1, 0.15) is 35.7 Å². The van der Waals surface area contributed by atoms with Crippen molar-refractivity contribution in [2.45, 2.75) is 26.2 Å². The van der Waals surface area contributed by atoms with Crippen LogP contribution < -0.4 is 10.1 Å². The van der Waals surface area contributed by atoms with Crippen LogP contribution in [-0.2, 0) is 20.7 Å². The average Bonchev–Trinajstić information content (AvgIpc) is 2.71. The van der Waals surface area contributed by atoms with Crippen LogP contribution in [0.2, 0.25) is 0 Å². The number of esters is 1. The van der Waals surface area contributed by atoms with E-state index in [-0.39, 0.29) is 24.7 Å². The molecule has 6 heteroatoms. The third kappa shape index (κ3) is 6.26. The third-order valence-electron chi connectivity index (χ3n) is 3.97. The second-order valence-corrected chi connectivity index (χ2v) is 5.87. The van der Waals surface area contributed by atoms with Crippen LogP contribution in [0.4, 0.5) is 5.69 Å². The first kappa shape index (κ1) is 20.2. The molecule has 6 nitrogen and oxygen atoms in total. The number of ketones is 1. The van der Waals surface area contributed by atoms with Gasteiger partial charge in [-0.05, 0) is 42.3 Å². The Morgan fingerprint density at radius 2 is 1.70 bits per heavy atom. The maximum absolute atomic E-state index is 12.1. The highest BCUT2D eigenvalue weighted by Gasteiger charge is 2.12. The summed E-state index contributed by atoms with van der Waals surface area (Å²) in [6.45, 7) is 1.45. The van der Waals surface area contributed by atoms with Crippen molar-refractivity contribution in [1.82, 2.24) is 0 Å². The molecule has 0 saturated heterocycles. The van der Waals surface area contributed by atoms with E-state index in [1.54, 1.807) is 38.3 Å². The molecule has 0 radical (unpaired) electrons. The monoisotopic (exact) mass is 369 g/mol. The minimum Gasteiger partial charge on any atom is -0.496 e. The lowest BCUT2D eigenvalue weighted by Crippen LogP contribution is -2.15. The molecule has 0 heterocycles. The smallest absolute Gasteiger partial charge is 0.306 e. The number of anilines is 1. The molecule has 2 rings (SSSR count). The molecule has 0 bridgehead atoms. The van der Waals surface area contributed by atoms with E-state index in [0.29, 0.717) is 24.1 Å². The molecule has 0 spiro atoms. The first-order valence-corrected chi connectivity index (χ1v) is 8.74. The van der Waals surface area contributed by atoms with Gasteiger partial charge in [-0.15, -0.1) is 0 Å². The van der Waals surface area contributed by atoms with Gasteiger partial charge in [-0.3, -0.25) is 14.4 Å². The van der Waals surface area contributed by atoms with E-state index in [1.165, 1.54) is 0 Å². The van der Waals surface area contributed by atoms with Crippen molar-refractivity contribution < 1.29 is 23.9 Å².